The molecule has 214 valence electrons. The molecule has 0 aliphatic carbocycles. The summed E-state index contributed by atoms with van der Waals surface area (Å²) in [5.74, 6) is -0.856. The lowest BCUT2D eigenvalue weighted by atomic mass is 10.0. The highest BCUT2D eigenvalue weighted by Gasteiger charge is 2.33. The van der Waals surface area contributed by atoms with E-state index in [9.17, 15) is 18.0 Å². The lowest BCUT2D eigenvalue weighted by Gasteiger charge is -2.33. The Morgan fingerprint density at radius 2 is 1.60 bits per heavy atom. The number of hydrogen-bond donors (Lipinski definition) is 1. The second-order valence-corrected chi connectivity index (χ2v) is 13.1. The number of halogens is 3. The molecule has 0 saturated carbocycles. The summed E-state index contributed by atoms with van der Waals surface area (Å²) in [7, 11) is -3.92. The van der Waals surface area contributed by atoms with E-state index in [2.05, 4.69) is 21.2 Å². The van der Waals surface area contributed by atoms with Gasteiger partial charge in [0.05, 0.1) is 11.9 Å². The molecule has 3 aromatic rings. The van der Waals surface area contributed by atoms with E-state index in [4.69, 9.17) is 23.2 Å². The number of rotatable bonds is 13. The highest BCUT2D eigenvalue weighted by molar-refractivity contribution is 9.10. The zero-order valence-electron chi connectivity index (χ0n) is 22.3. The van der Waals surface area contributed by atoms with Crippen molar-refractivity contribution in [2.75, 3.05) is 23.7 Å². The van der Waals surface area contributed by atoms with Crippen molar-refractivity contribution in [3.63, 3.8) is 0 Å². The summed E-state index contributed by atoms with van der Waals surface area (Å²) >= 11 is 15.8. The van der Waals surface area contributed by atoms with Crippen molar-refractivity contribution in [1.82, 2.24) is 10.2 Å². The maximum Gasteiger partial charge on any atom is 0.244 e. The molecule has 0 heterocycles. The third kappa shape index (κ3) is 9.51. The molecule has 0 radical (unpaired) electrons. The summed E-state index contributed by atoms with van der Waals surface area (Å²) in [4.78, 5) is 29.1. The molecule has 0 aliphatic rings. The van der Waals surface area contributed by atoms with Gasteiger partial charge in [-0.3, -0.25) is 13.9 Å². The fourth-order valence-electron chi connectivity index (χ4n) is 4.19. The standard InChI is InChI=1S/C29H32BrCl2N3O4S/c1-3-4-13-33-29(37)27(15-21-9-6-5-7-10-21)34(19-22-11-8-12-23(30)14-22)28(36)20-35(40(2,38)39)26-17-24(31)16-25(32)18-26/h5-12,14,16-18,27H,3-4,13,15,19-20H2,1-2H3,(H,33,37)/t27-/m0/s1. The molecule has 0 aromatic heterocycles. The molecule has 11 heteroatoms. The zero-order valence-corrected chi connectivity index (χ0v) is 26.2. The van der Waals surface area contributed by atoms with Crippen LogP contribution in [-0.2, 0) is 32.6 Å². The number of carbonyl (C=O) groups is 2. The second kappa shape index (κ2) is 14.9. The van der Waals surface area contributed by atoms with Gasteiger partial charge in [0.2, 0.25) is 21.8 Å². The highest BCUT2D eigenvalue weighted by atomic mass is 79.9. The van der Waals surface area contributed by atoms with Gasteiger partial charge in [0, 0.05) is 34.0 Å². The van der Waals surface area contributed by atoms with Gasteiger partial charge in [-0.2, -0.15) is 0 Å². The number of anilines is 1. The summed E-state index contributed by atoms with van der Waals surface area (Å²) in [6.07, 6.45) is 2.95. The van der Waals surface area contributed by atoms with E-state index in [1.165, 1.54) is 23.1 Å². The van der Waals surface area contributed by atoms with Gasteiger partial charge in [0.15, 0.2) is 0 Å². The highest BCUT2D eigenvalue weighted by Crippen LogP contribution is 2.27. The van der Waals surface area contributed by atoms with Gasteiger partial charge in [0.25, 0.3) is 0 Å². The van der Waals surface area contributed by atoms with Crippen LogP contribution in [0.5, 0.6) is 0 Å². The Kier molecular flexibility index (Phi) is 11.9. The van der Waals surface area contributed by atoms with Crippen molar-refractivity contribution in [3.8, 4) is 0 Å². The van der Waals surface area contributed by atoms with Crippen LogP contribution in [0.4, 0.5) is 5.69 Å². The average Bonchev–Trinajstić information content (AvgIpc) is 2.88. The van der Waals surface area contributed by atoms with Gasteiger partial charge < -0.3 is 10.2 Å². The largest absolute Gasteiger partial charge is 0.354 e. The Morgan fingerprint density at radius 3 is 2.20 bits per heavy atom. The summed E-state index contributed by atoms with van der Waals surface area (Å²) in [5.41, 5.74) is 1.80. The van der Waals surface area contributed by atoms with Gasteiger partial charge in [-0.05, 0) is 47.9 Å². The quantitative estimate of drug-likeness (QED) is 0.224. The summed E-state index contributed by atoms with van der Waals surface area (Å²) in [6.45, 7) is 2.04. The topological polar surface area (TPSA) is 86.8 Å². The Balaban J connectivity index is 2.05. The smallest absolute Gasteiger partial charge is 0.244 e. The number of hydrogen-bond acceptors (Lipinski definition) is 4. The van der Waals surface area contributed by atoms with Crippen LogP contribution in [0.25, 0.3) is 0 Å². The third-order valence-corrected chi connectivity index (χ3v) is 8.23. The Morgan fingerprint density at radius 1 is 0.950 bits per heavy atom. The van der Waals surface area contributed by atoms with Crippen molar-refractivity contribution < 1.29 is 18.0 Å². The number of unbranched alkanes of at least 4 members (excludes halogenated alkanes) is 1. The van der Waals surface area contributed by atoms with Gasteiger partial charge in [-0.25, -0.2) is 8.42 Å². The number of benzene rings is 3. The molecule has 1 N–H and O–H groups in total. The maximum atomic E-state index is 14.1. The number of carbonyl (C=O) groups excluding carboxylic acids is 2. The van der Waals surface area contributed by atoms with E-state index >= 15 is 0 Å². The first-order chi connectivity index (χ1) is 19.0. The van der Waals surface area contributed by atoms with E-state index in [1.807, 2.05) is 61.5 Å². The normalized spacial score (nSPS) is 12.0. The van der Waals surface area contributed by atoms with Crippen LogP contribution in [0.2, 0.25) is 10.0 Å². The van der Waals surface area contributed by atoms with E-state index in [1.54, 1.807) is 0 Å². The molecule has 1 atom stereocenters. The predicted octanol–water partition coefficient (Wildman–Crippen LogP) is 6.08. The zero-order chi connectivity index (χ0) is 29.3. The minimum Gasteiger partial charge on any atom is -0.354 e. The summed E-state index contributed by atoms with van der Waals surface area (Å²) in [5, 5.41) is 3.41. The Bertz CT molecular complexity index is 1400. The van der Waals surface area contributed by atoms with Crippen LogP contribution in [-0.4, -0.2) is 50.5 Å². The summed E-state index contributed by atoms with van der Waals surface area (Å²) in [6, 6.07) is 20.3. The average molecular weight is 669 g/mol. The molecule has 40 heavy (non-hydrogen) atoms. The van der Waals surface area contributed by atoms with Crippen molar-refractivity contribution >= 4 is 66.7 Å². The molecule has 2 amide bonds. The second-order valence-electron chi connectivity index (χ2n) is 9.40. The minimum absolute atomic E-state index is 0.0882. The molecular formula is C29H32BrCl2N3O4S. The Hall–Kier alpha value is -2.59. The first-order valence-electron chi connectivity index (χ1n) is 12.8. The third-order valence-electron chi connectivity index (χ3n) is 6.16. The van der Waals surface area contributed by atoms with E-state index < -0.39 is 28.5 Å². The van der Waals surface area contributed by atoms with Gasteiger partial charge in [-0.15, -0.1) is 0 Å². The maximum absolute atomic E-state index is 14.1. The number of nitrogens with zero attached hydrogens (tertiary/aromatic N) is 2. The Labute approximate surface area is 254 Å². The number of sulfonamides is 1. The molecule has 0 fully saturated rings. The van der Waals surface area contributed by atoms with Crippen LogP contribution in [0.3, 0.4) is 0 Å². The van der Waals surface area contributed by atoms with Crippen molar-refractivity contribution in [1.29, 1.82) is 0 Å². The molecule has 0 unspecified atom stereocenters. The predicted molar refractivity (Wildman–Crippen MR) is 165 cm³/mol. The van der Waals surface area contributed by atoms with Crippen LogP contribution >= 0.6 is 39.1 Å². The van der Waals surface area contributed by atoms with Crippen molar-refractivity contribution in [2.24, 2.45) is 0 Å². The monoisotopic (exact) mass is 667 g/mol. The van der Waals surface area contributed by atoms with Gasteiger partial charge in [0.1, 0.15) is 12.6 Å². The van der Waals surface area contributed by atoms with Crippen LogP contribution < -0.4 is 9.62 Å². The van der Waals surface area contributed by atoms with Gasteiger partial charge >= 0.3 is 0 Å². The summed E-state index contributed by atoms with van der Waals surface area (Å²) < 4.78 is 27.5. The molecule has 3 aromatic carbocycles. The molecule has 7 nitrogen and oxygen atoms in total. The SMILES string of the molecule is CCCCNC(=O)[C@H](Cc1ccccc1)N(Cc1cccc(Br)c1)C(=O)CN(c1cc(Cl)cc(Cl)c1)S(C)(=O)=O. The molecular weight excluding hydrogens is 637 g/mol. The van der Waals surface area contributed by atoms with E-state index in [-0.39, 0.29) is 34.6 Å². The van der Waals surface area contributed by atoms with Gasteiger partial charge in [-0.1, -0.05) is 94.9 Å². The molecule has 0 spiro atoms. The fraction of sp³-hybridized carbons (Fsp3) is 0.310. The first kappa shape index (κ1) is 31.9. The van der Waals surface area contributed by atoms with Crippen molar-refractivity contribution in [2.45, 2.75) is 38.8 Å². The lowest BCUT2D eigenvalue weighted by molar-refractivity contribution is -0.140. The molecule has 0 saturated heterocycles. The first-order valence-corrected chi connectivity index (χ1v) is 16.2. The lowest BCUT2D eigenvalue weighted by Crippen LogP contribution is -2.53. The fourth-order valence-corrected chi connectivity index (χ4v) is 5.98. The minimum atomic E-state index is -3.92. The molecule has 3 rings (SSSR count). The van der Waals surface area contributed by atoms with Crippen LogP contribution in [0.15, 0.2) is 77.3 Å². The van der Waals surface area contributed by atoms with E-state index in [0.29, 0.717) is 6.54 Å². The van der Waals surface area contributed by atoms with E-state index in [0.717, 1.165) is 39.0 Å². The van der Waals surface area contributed by atoms with Crippen LogP contribution in [0, 0.1) is 0 Å². The van der Waals surface area contributed by atoms with Crippen LogP contribution in [0.1, 0.15) is 30.9 Å². The number of amides is 2. The molecule has 0 bridgehead atoms. The van der Waals surface area contributed by atoms with Crippen molar-refractivity contribution in [3.05, 3.63) is 98.4 Å². The number of nitrogens with one attached hydrogen (secondary N) is 1. The molecule has 0 aliphatic heterocycles.